The Kier molecular flexibility index (Phi) is 5.80. The summed E-state index contributed by atoms with van der Waals surface area (Å²) in [4.78, 5) is 11.4. The van der Waals surface area contributed by atoms with Gasteiger partial charge in [-0.3, -0.25) is 0 Å². The summed E-state index contributed by atoms with van der Waals surface area (Å²) >= 11 is 6.17. The lowest BCUT2D eigenvalue weighted by molar-refractivity contribution is 0.589. The number of hydrogen-bond acceptors (Lipinski definition) is 5. The molecule has 29 heavy (non-hydrogen) atoms. The third kappa shape index (κ3) is 4.93. The molecular formula is C21H21ClN4O2S. The van der Waals surface area contributed by atoms with E-state index in [1.54, 1.807) is 12.1 Å². The van der Waals surface area contributed by atoms with Crippen molar-refractivity contribution in [2.75, 3.05) is 18.0 Å². The monoisotopic (exact) mass is 428 g/mol. The quantitative estimate of drug-likeness (QED) is 0.642. The van der Waals surface area contributed by atoms with Crippen molar-refractivity contribution in [2.24, 2.45) is 0 Å². The lowest BCUT2D eigenvalue weighted by atomic mass is 10.2. The first-order valence-corrected chi connectivity index (χ1v) is 11.4. The second-order valence-corrected chi connectivity index (χ2v) is 8.99. The zero-order valence-corrected chi connectivity index (χ0v) is 17.3. The van der Waals surface area contributed by atoms with E-state index in [1.807, 2.05) is 42.5 Å². The first-order chi connectivity index (χ1) is 14.0. The number of nitrogens with zero attached hydrogens (tertiary/aromatic N) is 3. The van der Waals surface area contributed by atoms with Crippen molar-refractivity contribution in [3.8, 4) is 0 Å². The van der Waals surface area contributed by atoms with Gasteiger partial charge in [0, 0.05) is 28.9 Å². The van der Waals surface area contributed by atoms with E-state index in [-0.39, 0.29) is 6.54 Å². The third-order valence-electron chi connectivity index (χ3n) is 4.76. The number of aromatic nitrogens is 2. The molecule has 0 amide bonds. The second kappa shape index (κ2) is 8.49. The van der Waals surface area contributed by atoms with Gasteiger partial charge in [0.05, 0.1) is 12.1 Å². The molecule has 150 valence electrons. The number of fused-ring (bicyclic) bond motifs is 1. The normalized spacial score (nSPS) is 14.9. The third-order valence-corrected chi connectivity index (χ3v) is 6.04. The lowest BCUT2D eigenvalue weighted by Crippen LogP contribution is -2.24. The summed E-state index contributed by atoms with van der Waals surface area (Å²) in [5.74, 6) is 1.24. The molecule has 4 rings (SSSR count). The molecule has 0 atom stereocenters. The number of rotatable bonds is 6. The Morgan fingerprint density at radius 2 is 1.83 bits per heavy atom. The van der Waals surface area contributed by atoms with Gasteiger partial charge in [0.25, 0.3) is 0 Å². The number of benzene rings is 2. The Morgan fingerprint density at radius 1 is 1.07 bits per heavy atom. The minimum Gasteiger partial charge on any atom is -0.356 e. The molecule has 3 aromatic rings. The molecule has 0 saturated carbocycles. The topological polar surface area (TPSA) is 75.2 Å². The largest absolute Gasteiger partial charge is 0.356 e. The number of halogens is 1. The Bertz CT molecular complexity index is 1140. The number of anilines is 1. The van der Waals surface area contributed by atoms with Crippen LogP contribution in [0, 0.1) is 0 Å². The predicted octanol–water partition coefficient (Wildman–Crippen LogP) is 3.97. The van der Waals surface area contributed by atoms with E-state index in [4.69, 9.17) is 11.6 Å². The zero-order chi connectivity index (χ0) is 20.3. The van der Waals surface area contributed by atoms with Gasteiger partial charge in [-0.2, -0.15) is 0 Å². The Morgan fingerprint density at radius 3 is 2.59 bits per heavy atom. The van der Waals surface area contributed by atoms with E-state index in [1.165, 1.54) is 0 Å². The van der Waals surface area contributed by atoms with Gasteiger partial charge < -0.3 is 4.90 Å². The zero-order valence-electron chi connectivity index (χ0n) is 15.8. The van der Waals surface area contributed by atoms with Crippen LogP contribution in [0.2, 0.25) is 5.02 Å². The minimum absolute atomic E-state index is 0.0148. The van der Waals surface area contributed by atoms with Crippen LogP contribution >= 0.6 is 11.6 Å². The number of sulfonamides is 1. The second-order valence-electron chi connectivity index (χ2n) is 6.90. The molecule has 6 nitrogen and oxygen atoms in total. The molecule has 1 N–H and O–H groups in total. The first-order valence-electron chi connectivity index (χ1n) is 9.44. The van der Waals surface area contributed by atoms with E-state index in [0.29, 0.717) is 10.8 Å². The molecule has 2 heterocycles. The van der Waals surface area contributed by atoms with Gasteiger partial charge in [-0.1, -0.05) is 41.9 Å². The molecule has 8 heteroatoms. The molecule has 2 aromatic carbocycles. The molecule has 0 bridgehead atoms. The van der Waals surface area contributed by atoms with E-state index in [2.05, 4.69) is 19.6 Å². The summed E-state index contributed by atoms with van der Waals surface area (Å²) in [7, 11) is -3.62. The Labute approximate surface area is 175 Å². The SMILES string of the molecule is O=S(=O)(/C=C/c1ccccc1)NCc1nc(N2CCCC2)c2cc(Cl)ccc2n1. The Hall–Kier alpha value is -2.48. The van der Waals surface area contributed by atoms with Crippen molar-refractivity contribution in [2.45, 2.75) is 19.4 Å². The van der Waals surface area contributed by atoms with Crippen LogP contribution in [0.4, 0.5) is 5.82 Å². The van der Waals surface area contributed by atoms with Crippen LogP contribution in [0.1, 0.15) is 24.2 Å². The Balaban J connectivity index is 1.57. The molecule has 0 aliphatic carbocycles. The van der Waals surface area contributed by atoms with E-state index >= 15 is 0 Å². The smallest absolute Gasteiger partial charge is 0.234 e. The van der Waals surface area contributed by atoms with Crippen LogP contribution in [0.5, 0.6) is 0 Å². The summed E-state index contributed by atoms with van der Waals surface area (Å²) < 4.78 is 27.2. The maximum atomic E-state index is 12.3. The van der Waals surface area contributed by atoms with Crippen molar-refractivity contribution in [1.29, 1.82) is 0 Å². The molecule has 0 unspecified atom stereocenters. The maximum absolute atomic E-state index is 12.3. The summed E-state index contributed by atoms with van der Waals surface area (Å²) in [6.45, 7) is 1.86. The fraction of sp³-hybridized carbons (Fsp3) is 0.238. The molecule has 1 fully saturated rings. The van der Waals surface area contributed by atoms with Crippen molar-refractivity contribution in [3.05, 3.63) is 70.3 Å². The average Bonchev–Trinajstić information content (AvgIpc) is 3.26. The predicted molar refractivity (Wildman–Crippen MR) is 117 cm³/mol. The molecule has 1 aliphatic heterocycles. The lowest BCUT2D eigenvalue weighted by Gasteiger charge is -2.19. The van der Waals surface area contributed by atoms with Gasteiger partial charge in [0.1, 0.15) is 11.6 Å². The van der Waals surface area contributed by atoms with Crippen LogP contribution in [0.3, 0.4) is 0 Å². The van der Waals surface area contributed by atoms with Gasteiger partial charge in [-0.25, -0.2) is 23.1 Å². The van der Waals surface area contributed by atoms with Gasteiger partial charge >= 0.3 is 0 Å². The van der Waals surface area contributed by atoms with Gasteiger partial charge in [0.2, 0.25) is 10.0 Å². The highest BCUT2D eigenvalue weighted by atomic mass is 35.5. The van der Waals surface area contributed by atoms with Crippen molar-refractivity contribution in [3.63, 3.8) is 0 Å². The molecule has 0 spiro atoms. The highest BCUT2D eigenvalue weighted by molar-refractivity contribution is 7.92. The highest BCUT2D eigenvalue weighted by Crippen LogP contribution is 2.29. The summed E-state index contributed by atoms with van der Waals surface area (Å²) in [6.07, 6.45) is 3.78. The average molecular weight is 429 g/mol. The van der Waals surface area contributed by atoms with Crippen LogP contribution in [-0.4, -0.2) is 31.5 Å². The molecule has 1 aromatic heterocycles. The van der Waals surface area contributed by atoms with Crippen LogP contribution in [-0.2, 0) is 16.6 Å². The first kappa shape index (κ1) is 19.8. The minimum atomic E-state index is -3.62. The van der Waals surface area contributed by atoms with Crippen molar-refractivity contribution < 1.29 is 8.42 Å². The van der Waals surface area contributed by atoms with E-state index in [0.717, 1.165) is 53.6 Å². The van der Waals surface area contributed by atoms with E-state index in [9.17, 15) is 8.42 Å². The van der Waals surface area contributed by atoms with Gasteiger partial charge in [-0.05, 0) is 42.7 Å². The molecule has 1 saturated heterocycles. The van der Waals surface area contributed by atoms with Crippen LogP contribution < -0.4 is 9.62 Å². The van der Waals surface area contributed by atoms with Gasteiger partial charge in [-0.15, -0.1) is 0 Å². The van der Waals surface area contributed by atoms with E-state index < -0.39 is 10.0 Å². The number of nitrogens with one attached hydrogen (secondary N) is 1. The summed E-state index contributed by atoms with van der Waals surface area (Å²) in [5.41, 5.74) is 1.56. The standard InChI is InChI=1S/C21H21ClN4O2S/c22-17-8-9-19-18(14-17)21(26-11-4-5-12-26)25-20(24-19)15-23-29(27,28)13-10-16-6-2-1-3-7-16/h1-3,6-10,13-14,23H,4-5,11-12,15H2/b13-10+. The molecule has 0 radical (unpaired) electrons. The number of hydrogen-bond donors (Lipinski definition) is 1. The molecular weight excluding hydrogens is 408 g/mol. The fourth-order valence-electron chi connectivity index (χ4n) is 3.33. The van der Waals surface area contributed by atoms with Crippen LogP contribution in [0.15, 0.2) is 53.9 Å². The fourth-order valence-corrected chi connectivity index (χ4v) is 4.26. The summed E-state index contributed by atoms with van der Waals surface area (Å²) in [6, 6.07) is 14.8. The highest BCUT2D eigenvalue weighted by Gasteiger charge is 2.19. The summed E-state index contributed by atoms with van der Waals surface area (Å²) in [5, 5.41) is 2.67. The van der Waals surface area contributed by atoms with Crippen LogP contribution in [0.25, 0.3) is 17.0 Å². The maximum Gasteiger partial charge on any atom is 0.234 e. The van der Waals surface area contributed by atoms with Crippen molar-refractivity contribution >= 4 is 44.4 Å². The molecule has 1 aliphatic rings. The van der Waals surface area contributed by atoms with Gasteiger partial charge in [0.15, 0.2) is 0 Å². The van der Waals surface area contributed by atoms with Crippen molar-refractivity contribution in [1.82, 2.24) is 14.7 Å².